The molecular formula is C36H50N6O7S2. The number of sulfonamides is 1. The standard InChI is InChI=1S/C36H50N6O7S2/c1-5-25(2)34(40-36(45)41(3)21-29-24-50-33(38-29)23-49-4)35(44)39-31(18-26-10-7-6-8-11-26)32(43)22-42(20-28-12-9-13-28)51(47,48)30-16-14-27(15-17-30)19-37-46/h6-8,10-11,14-17,19,24-25,28,31-32,34,43,46H,5,9,12-13,18,20-23H2,1-4H3,(H,39,44)(H,40,45)/b37-19+/t25-,31-,32+,34-/m0/s1. The van der Waals surface area contributed by atoms with Crippen LogP contribution in [0.3, 0.4) is 0 Å². The van der Waals surface area contributed by atoms with Crippen molar-refractivity contribution in [2.24, 2.45) is 17.0 Å². The maximum Gasteiger partial charge on any atom is 0.318 e. The lowest BCUT2D eigenvalue weighted by Crippen LogP contribution is -2.58. The number of ether oxygens (including phenoxy) is 1. The van der Waals surface area contributed by atoms with E-state index in [0.29, 0.717) is 24.3 Å². The van der Waals surface area contributed by atoms with Crippen molar-refractivity contribution in [3.8, 4) is 0 Å². The van der Waals surface area contributed by atoms with Crippen LogP contribution >= 0.6 is 11.3 Å². The van der Waals surface area contributed by atoms with Gasteiger partial charge < -0.3 is 30.6 Å². The van der Waals surface area contributed by atoms with Gasteiger partial charge in [0.15, 0.2) is 0 Å². The number of amides is 3. The zero-order chi connectivity index (χ0) is 37.0. The molecule has 0 saturated heterocycles. The van der Waals surface area contributed by atoms with Gasteiger partial charge >= 0.3 is 6.03 Å². The number of rotatable bonds is 19. The van der Waals surface area contributed by atoms with Gasteiger partial charge in [-0.15, -0.1) is 11.3 Å². The van der Waals surface area contributed by atoms with Crippen LogP contribution in [0.1, 0.15) is 61.4 Å². The van der Waals surface area contributed by atoms with Crippen LogP contribution in [0.4, 0.5) is 4.79 Å². The zero-order valence-electron chi connectivity index (χ0n) is 29.6. The smallest absolute Gasteiger partial charge is 0.318 e. The van der Waals surface area contributed by atoms with Gasteiger partial charge in [0.25, 0.3) is 0 Å². The van der Waals surface area contributed by atoms with E-state index in [1.165, 1.54) is 38.9 Å². The summed E-state index contributed by atoms with van der Waals surface area (Å²) in [6.07, 6.45) is 3.53. The van der Waals surface area contributed by atoms with Crippen LogP contribution in [0.5, 0.6) is 0 Å². The highest BCUT2D eigenvalue weighted by molar-refractivity contribution is 7.89. The predicted molar refractivity (Wildman–Crippen MR) is 196 cm³/mol. The maximum atomic E-state index is 14.0. The Morgan fingerprint density at radius 2 is 1.84 bits per heavy atom. The van der Waals surface area contributed by atoms with Crippen LogP contribution < -0.4 is 10.6 Å². The van der Waals surface area contributed by atoms with E-state index in [-0.39, 0.29) is 42.8 Å². The van der Waals surface area contributed by atoms with Gasteiger partial charge in [-0.3, -0.25) is 4.79 Å². The second kappa shape index (κ2) is 19.1. The van der Waals surface area contributed by atoms with E-state index in [9.17, 15) is 23.1 Å². The summed E-state index contributed by atoms with van der Waals surface area (Å²) in [4.78, 5) is 33.4. The van der Waals surface area contributed by atoms with Gasteiger partial charge in [0.1, 0.15) is 11.0 Å². The minimum atomic E-state index is -4.04. The first-order valence-corrected chi connectivity index (χ1v) is 19.5. The van der Waals surface area contributed by atoms with Crippen molar-refractivity contribution in [1.82, 2.24) is 24.8 Å². The first-order valence-electron chi connectivity index (χ1n) is 17.2. The number of methoxy groups -OCH3 is 1. The molecule has 0 spiro atoms. The van der Waals surface area contributed by atoms with Crippen molar-refractivity contribution in [3.63, 3.8) is 0 Å². The number of aliphatic hydroxyl groups is 1. The van der Waals surface area contributed by atoms with Crippen molar-refractivity contribution in [2.75, 3.05) is 27.2 Å². The Kier molecular flexibility index (Phi) is 14.9. The molecule has 1 aromatic heterocycles. The molecule has 3 amide bonds. The van der Waals surface area contributed by atoms with Crippen molar-refractivity contribution < 1.29 is 33.1 Å². The summed E-state index contributed by atoms with van der Waals surface area (Å²) >= 11 is 1.44. The third kappa shape index (κ3) is 11.3. The van der Waals surface area contributed by atoms with Gasteiger partial charge in [0.05, 0.1) is 42.1 Å². The van der Waals surface area contributed by atoms with E-state index >= 15 is 0 Å². The fraction of sp³-hybridized carbons (Fsp3) is 0.500. The van der Waals surface area contributed by atoms with Gasteiger partial charge in [-0.25, -0.2) is 18.2 Å². The fourth-order valence-electron chi connectivity index (χ4n) is 5.81. The molecule has 1 heterocycles. The molecule has 13 nitrogen and oxygen atoms in total. The summed E-state index contributed by atoms with van der Waals surface area (Å²) < 4.78 is 34.4. The molecule has 15 heteroatoms. The highest BCUT2D eigenvalue weighted by atomic mass is 32.2. The molecule has 1 aliphatic carbocycles. The van der Waals surface area contributed by atoms with Crippen molar-refractivity contribution in [2.45, 2.75) is 82.2 Å². The SMILES string of the molecule is CC[C@H](C)[C@H](NC(=O)N(C)Cc1csc(COC)n1)C(=O)N[C@@H](Cc1ccccc1)[C@H](O)CN(CC1CCC1)S(=O)(=O)c1ccc(/C=N/O)cc1. The van der Waals surface area contributed by atoms with Gasteiger partial charge in [-0.05, 0) is 54.4 Å². The molecule has 51 heavy (non-hydrogen) atoms. The van der Waals surface area contributed by atoms with Gasteiger partial charge in [0.2, 0.25) is 15.9 Å². The van der Waals surface area contributed by atoms with E-state index in [0.717, 1.165) is 29.8 Å². The van der Waals surface area contributed by atoms with Crippen molar-refractivity contribution in [1.29, 1.82) is 0 Å². The second-order valence-corrected chi connectivity index (χ2v) is 16.0. The minimum Gasteiger partial charge on any atom is -0.411 e. The average Bonchev–Trinajstić information content (AvgIpc) is 3.54. The molecule has 0 unspecified atom stereocenters. The summed E-state index contributed by atoms with van der Waals surface area (Å²) in [7, 11) is -0.821. The zero-order valence-corrected chi connectivity index (χ0v) is 31.3. The number of carbonyl (C=O) groups is 2. The molecule has 0 aliphatic heterocycles. The molecule has 4 N–H and O–H groups in total. The molecule has 4 rings (SSSR count). The van der Waals surface area contributed by atoms with Crippen LogP contribution in [-0.2, 0) is 39.1 Å². The van der Waals surface area contributed by atoms with Crippen LogP contribution in [-0.4, -0.2) is 96.5 Å². The van der Waals surface area contributed by atoms with Gasteiger partial charge in [-0.2, -0.15) is 4.31 Å². The van der Waals surface area contributed by atoms with Crippen LogP contribution in [0.25, 0.3) is 0 Å². The third-order valence-electron chi connectivity index (χ3n) is 9.28. The van der Waals surface area contributed by atoms with Crippen molar-refractivity contribution >= 4 is 39.5 Å². The fourth-order valence-corrected chi connectivity index (χ4v) is 8.10. The number of aliphatic hydroxyl groups excluding tert-OH is 1. The van der Waals surface area contributed by atoms with Crippen molar-refractivity contribution in [3.05, 3.63) is 81.8 Å². The molecule has 0 radical (unpaired) electrons. The Bertz CT molecular complexity index is 1680. The molecule has 1 saturated carbocycles. The number of nitrogens with one attached hydrogen (secondary N) is 2. The summed E-state index contributed by atoms with van der Waals surface area (Å²) in [6, 6.07) is 13.1. The predicted octanol–water partition coefficient (Wildman–Crippen LogP) is 4.23. The molecule has 1 aliphatic rings. The average molecular weight is 743 g/mol. The molecule has 278 valence electrons. The van der Waals surface area contributed by atoms with Crippen LogP contribution in [0.15, 0.2) is 70.0 Å². The lowest BCUT2D eigenvalue weighted by Gasteiger charge is -2.35. The molecule has 2 aromatic carbocycles. The third-order valence-corrected chi connectivity index (χ3v) is 12.0. The van der Waals surface area contributed by atoms with E-state index in [2.05, 4.69) is 20.8 Å². The quantitative estimate of drug-likeness (QED) is 0.0803. The Hall–Kier alpha value is -3.89. The molecule has 0 bridgehead atoms. The van der Waals surface area contributed by atoms with E-state index in [4.69, 9.17) is 9.94 Å². The summed E-state index contributed by atoms with van der Waals surface area (Å²) in [6.45, 7) is 4.39. The molecule has 3 aromatic rings. The summed E-state index contributed by atoms with van der Waals surface area (Å²) in [5.41, 5.74) is 2.08. The number of thiazole rings is 1. The number of hydrogen-bond donors (Lipinski definition) is 4. The number of nitrogens with zero attached hydrogens (tertiary/aromatic N) is 4. The van der Waals surface area contributed by atoms with E-state index in [1.807, 2.05) is 49.6 Å². The molecule has 4 atom stereocenters. The highest BCUT2D eigenvalue weighted by Crippen LogP contribution is 2.30. The van der Waals surface area contributed by atoms with E-state index < -0.39 is 40.1 Å². The van der Waals surface area contributed by atoms with Crippen LogP contribution in [0, 0.1) is 11.8 Å². The van der Waals surface area contributed by atoms with E-state index in [1.54, 1.807) is 26.3 Å². The first kappa shape index (κ1) is 39.9. The minimum absolute atomic E-state index is 0.0454. The normalized spacial score (nSPS) is 16.0. The molecular weight excluding hydrogens is 693 g/mol. The Balaban J connectivity index is 1.54. The highest BCUT2D eigenvalue weighted by Gasteiger charge is 2.35. The number of urea groups is 1. The summed E-state index contributed by atoms with van der Waals surface area (Å²) in [5, 5.41) is 32.2. The maximum absolute atomic E-state index is 14.0. The lowest BCUT2D eigenvalue weighted by molar-refractivity contribution is -0.125. The largest absolute Gasteiger partial charge is 0.411 e. The number of oxime groups is 1. The monoisotopic (exact) mass is 742 g/mol. The number of benzene rings is 2. The Morgan fingerprint density at radius 1 is 1.14 bits per heavy atom. The van der Waals surface area contributed by atoms with Crippen LogP contribution in [0.2, 0.25) is 0 Å². The van der Waals surface area contributed by atoms with Gasteiger partial charge in [-0.1, -0.05) is 74.3 Å². The topological polar surface area (TPSA) is 174 Å². The second-order valence-electron chi connectivity index (χ2n) is 13.1. The Labute approximate surface area is 304 Å². The summed E-state index contributed by atoms with van der Waals surface area (Å²) in [5.74, 6) is -0.566. The Morgan fingerprint density at radius 3 is 2.45 bits per heavy atom. The first-order chi connectivity index (χ1) is 24.4. The lowest BCUT2D eigenvalue weighted by atomic mass is 9.85. The number of aromatic nitrogens is 1. The van der Waals surface area contributed by atoms with Gasteiger partial charge in [0, 0.05) is 32.6 Å². The number of carbonyl (C=O) groups excluding carboxylic acids is 2. The molecule has 1 fully saturated rings. The number of hydrogen-bond acceptors (Lipinski definition) is 10.